The van der Waals surface area contributed by atoms with Crippen LogP contribution in [0.1, 0.15) is 24.0 Å². The van der Waals surface area contributed by atoms with Gasteiger partial charge in [0.05, 0.1) is 5.75 Å². The molecule has 7 heteroatoms. The molecule has 2 amide bonds. The number of benzene rings is 2. The van der Waals surface area contributed by atoms with Gasteiger partial charge < -0.3 is 10.6 Å². The summed E-state index contributed by atoms with van der Waals surface area (Å²) in [5, 5.41) is 7.04. The zero-order valence-electron chi connectivity index (χ0n) is 15.3. The number of carbonyl (C=O) groups is 2. The molecule has 1 aliphatic rings. The lowest BCUT2D eigenvalue weighted by atomic mass is 10.1. The maximum absolute atomic E-state index is 12.5. The number of halogens is 2. The molecule has 0 spiro atoms. The third kappa shape index (κ3) is 6.73. The highest BCUT2D eigenvalue weighted by Crippen LogP contribution is 2.24. The zero-order valence-corrected chi connectivity index (χ0v) is 17.6. The minimum atomic E-state index is -0.574. The Labute approximate surface area is 179 Å². The molecular weight excluding hydrogens is 415 g/mol. The lowest BCUT2D eigenvalue weighted by Gasteiger charge is -2.18. The van der Waals surface area contributed by atoms with Crippen molar-refractivity contribution in [1.82, 2.24) is 10.6 Å². The number of hydrogen-bond donors (Lipinski definition) is 2. The second kappa shape index (κ2) is 10.2. The van der Waals surface area contributed by atoms with Crippen LogP contribution in [-0.2, 0) is 21.8 Å². The van der Waals surface area contributed by atoms with Gasteiger partial charge >= 0.3 is 0 Å². The van der Waals surface area contributed by atoms with Crippen molar-refractivity contribution in [3.63, 3.8) is 0 Å². The first-order chi connectivity index (χ1) is 13.5. The SMILES string of the molecule is O=C(CSCc1ccc(Cl)cc1Cl)NC(Cc1ccccc1)C(=O)NC1CC1. The van der Waals surface area contributed by atoms with E-state index in [4.69, 9.17) is 23.2 Å². The molecule has 2 N–H and O–H groups in total. The highest BCUT2D eigenvalue weighted by Gasteiger charge is 2.28. The molecule has 0 aromatic heterocycles. The first-order valence-corrected chi connectivity index (χ1v) is 11.1. The van der Waals surface area contributed by atoms with E-state index in [0.29, 0.717) is 22.2 Å². The number of amides is 2. The fraction of sp³-hybridized carbons (Fsp3) is 0.333. The molecule has 1 saturated carbocycles. The first-order valence-electron chi connectivity index (χ1n) is 9.16. The van der Waals surface area contributed by atoms with Crippen LogP contribution in [-0.4, -0.2) is 29.7 Å². The summed E-state index contributed by atoms with van der Waals surface area (Å²) < 4.78 is 0. The van der Waals surface area contributed by atoms with Crippen LogP contribution in [0, 0.1) is 0 Å². The van der Waals surface area contributed by atoms with E-state index >= 15 is 0 Å². The summed E-state index contributed by atoms with van der Waals surface area (Å²) in [6, 6.07) is 14.7. The molecule has 0 heterocycles. The average Bonchev–Trinajstić information content (AvgIpc) is 3.48. The topological polar surface area (TPSA) is 58.2 Å². The van der Waals surface area contributed by atoms with Gasteiger partial charge in [-0.1, -0.05) is 59.6 Å². The molecule has 0 bridgehead atoms. The van der Waals surface area contributed by atoms with Gasteiger partial charge in [0, 0.05) is 28.3 Å². The van der Waals surface area contributed by atoms with Gasteiger partial charge in [0.2, 0.25) is 11.8 Å². The standard InChI is InChI=1S/C21H22Cl2N2O2S/c22-16-7-6-15(18(23)11-16)12-28-13-20(26)25-19(21(27)24-17-8-9-17)10-14-4-2-1-3-5-14/h1-7,11,17,19H,8-10,12-13H2,(H,24,27)(H,25,26). The van der Waals surface area contributed by atoms with Crippen molar-refractivity contribution >= 4 is 46.8 Å². The third-order valence-electron chi connectivity index (χ3n) is 4.36. The second-order valence-corrected chi connectivity index (χ2v) is 8.65. The molecule has 1 fully saturated rings. The Balaban J connectivity index is 1.53. The van der Waals surface area contributed by atoms with Crippen molar-refractivity contribution < 1.29 is 9.59 Å². The minimum absolute atomic E-state index is 0.120. The molecule has 2 aromatic carbocycles. The Hall–Kier alpha value is -1.69. The Bertz CT molecular complexity index is 828. The predicted octanol–water partition coefficient (Wildman–Crippen LogP) is 4.23. The van der Waals surface area contributed by atoms with Crippen LogP contribution in [0.4, 0.5) is 0 Å². The Kier molecular flexibility index (Phi) is 7.65. The van der Waals surface area contributed by atoms with Crippen molar-refractivity contribution in [3.05, 3.63) is 69.7 Å². The maximum Gasteiger partial charge on any atom is 0.243 e. The van der Waals surface area contributed by atoms with Gasteiger partial charge in [-0.2, -0.15) is 0 Å². The minimum Gasteiger partial charge on any atom is -0.352 e. The fourth-order valence-electron chi connectivity index (χ4n) is 2.72. The van der Waals surface area contributed by atoms with Crippen LogP contribution in [0.15, 0.2) is 48.5 Å². The van der Waals surface area contributed by atoms with E-state index in [1.54, 1.807) is 12.1 Å². The van der Waals surface area contributed by atoms with Gasteiger partial charge in [-0.25, -0.2) is 0 Å². The van der Waals surface area contributed by atoms with Gasteiger partial charge in [0.1, 0.15) is 6.04 Å². The molecule has 0 aliphatic heterocycles. The van der Waals surface area contributed by atoms with Gasteiger partial charge in [-0.05, 0) is 36.1 Å². The van der Waals surface area contributed by atoms with Crippen molar-refractivity contribution in [2.45, 2.75) is 37.1 Å². The molecule has 1 aliphatic carbocycles. The zero-order chi connectivity index (χ0) is 19.9. The monoisotopic (exact) mass is 436 g/mol. The van der Waals surface area contributed by atoms with Gasteiger partial charge in [0.15, 0.2) is 0 Å². The molecule has 1 atom stereocenters. The van der Waals surface area contributed by atoms with Crippen LogP contribution < -0.4 is 10.6 Å². The third-order valence-corrected chi connectivity index (χ3v) is 5.93. The normalized spacial score (nSPS) is 14.4. The summed E-state index contributed by atoms with van der Waals surface area (Å²) in [6.07, 6.45) is 2.49. The summed E-state index contributed by atoms with van der Waals surface area (Å²) >= 11 is 13.5. The molecular formula is C21H22Cl2N2O2S. The Morgan fingerprint density at radius 2 is 1.86 bits per heavy atom. The number of hydrogen-bond acceptors (Lipinski definition) is 3. The van der Waals surface area contributed by atoms with Crippen molar-refractivity contribution in [3.8, 4) is 0 Å². The lowest BCUT2D eigenvalue weighted by molar-refractivity contribution is -0.128. The largest absolute Gasteiger partial charge is 0.352 e. The van der Waals surface area contributed by atoms with E-state index in [-0.39, 0.29) is 23.6 Å². The predicted molar refractivity (Wildman–Crippen MR) is 116 cm³/mol. The van der Waals surface area contributed by atoms with Crippen molar-refractivity contribution in [2.24, 2.45) is 0 Å². The van der Waals surface area contributed by atoms with E-state index in [1.807, 2.05) is 36.4 Å². The van der Waals surface area contributed by atoms with Gasteiger partial charge in [0.25, 0.3) is 0 Å². The molecule has 3 rings (SSSR count). The smallest absolute Gasteiger partial charge is 0.243 e. The van der Waals surface area contributed by atoms with Crippen LogP contribution >= 0.6 is 35.0 Å². The van der Waals surface area contributed by atoms with Crippen LogP contribution in [0.3, 0.4) is 0 Å². The maximum atomic E-state index is 12.5. The van der Waals surface area contributed by atoms with Crippen LogP contribution in [0.2, 0.25) is 10.0 Å². The number of nitrogens with one attached hydrogen (secondary N) is 2. The Morgan fingerprint density at radius 3 is 2.54 bits per heavy atom. The molecule has 28 heavy (non-hydrogen) atoms. The molecule has 1 unspecified atom stereocenters. The first kappa shape index (κ1) is 21.0. The molecule has 148 valence electrons. The Morgan fingerprint density at radius 1 is 1.11 bits per heavy atom. The molecule has 0 radical (unpaired) electrons. The highest BCUT2D eigenvalue weighted by atomic mass is 35.5. The van der Waals surface area contributed by atoms with Gasteiger partial charge in [-0.15, -0.1) is 11.8 Å². The van der Waals surface area contributed by atoms with E-state index in [0.717, 1.165) is 24.0 Å². The number of carbonyl (C=O) groups excluding carboxylic acids is 2. The van der Waals surface area contributed by atoms with E-state index in [1.165, 1.54) is 11.8 Å². The summed E-state index contributed by atoms with van der Waals surface area (Å²) in [4.78, 5) is 25.0. The lowest BCUT2D eigenvalue weighted by Crippen LogP contribution is -2.49. The summed E-state index contributed by atoms with van der Waals surface area (Å²) in [5.74, 6) is 0.564. The van der Waals surface area contributed by atoms with Crippen LogP contribution in [0.25, 0.3) is 0 Å². The highest BCUT2D eigenvalue weighted by molar-refractivity contribution is 7.99. The van der Waals surface area contributed by atoms with Crippen LogP contribution in [0.5, 0.6) is 0 Å². The molecule has 4 nitrogen and oxygen atoms in total. The fourth-order valence-corrected chi connectivity index (χ4v) is 4.11. The van der Waals surface area contributed by atoms with Crippen molar-refractivity contribution in [1.29, 1.82) is 0 Å². The summed E-state index contributed by atoms with van der Waals surface area (Å²) in [7, 11) is 0. The number of thioether (sulfide) groups is 1. The second-order valence-electron chi connectivity index (χ2n) is 6.82. The molecule has 2 aromatic rings. The average molecular weight is 437 g/mol. The van der Waals surface area contributed by atoms with E-state index in [9.17, 15) is 9.59 Å². The number of rotatable bonds is 9. The van der Waals surface area contributed by atoms with Crippen molar-refractivity contribution in [2.75, 3.05) is 5.75 Å². The van der Waals surface area contributed by atoms with Gasteiger partial charge in [-0.3, -0.25) is 9.59 Å². The van der Waals surface area contributed by atoms with E-state index < -0.39 is 6.04 Å². The molecule has 0 saturated heterocycles. The van der Waals surface area contributed by atoms with E-state index in [2.05, 4.69) is 10.6 Å². The summed E-state index contributed by atoms with van der Waals surface area (Å²) in [6.45, 7) is 0. The summed E-state index contributed by atoms with van der Waals surface area (Å²) in [5.41, 5.74) is 1.94. The quantitative estimate of drug-likeness (QED) is 0.617.